The molecule has 0 fully saturated rings. The Morgan fingerprint density at radius 3 is 2.50 bits per heavy atom. The van der Waals surface area contributed by atoms with Crippen LogP contribution in [0.1, 0.15) is 0 Å². The van der Waals surface area contributed by atoms with Crippen LogP contribution in [0.2, 0.25) is 0 Å². The molecule has 2 aromatic rings. The van der Waals surface area contributed by atoms with Crippen molar-refractivity contribution in [3.05, 3.63) is 30.6 Å². The predicted octanol–water partition coefficient (Wildman–Crippen LogP) is 0.477. The number of hydrazone groups is 1. The Balaban J connectivity index is 2.12. The molecule has 0 bridgehead atoms. The van der Waals surface area contributed by atoms with Crippen LogP contribution in [0.15, 0.2) is 35.7 Å². The zero-order chi connectivity index (χ0) is 12.8. The SMILES string of the molecule is N#CC(C#N)=NNc1ccc(-n2ncnn2)cc1. The number of aromatic nitrogens is 4. The van der Waals surface area contributed by atoms with E-state index in [-0.39, 0.29) is 5.71 Å². The van der Waals surface area contributed by atoms with E-state index in [4.69, 9.17) is 10.5 Å². The molecule has 0 saturated carbocycles. The van der Waals surface area contributed by atoms with Crippen molar-refractivity contribution in [2.75, 3.05) is 5.43 Å². The number of hydrogen-bond acceptors (Lipinski definition) is 7. The maximum atomic E-state index is 8.50. The fraction of sp³-hybridized carbons (Fsp3) is 0. The minimum absolute atomic E-state index is 0.239. The van der Waals surface area contributed by atoms with Gasteiger partial charge in [0.15, 0.2) is 6.33 Å². The summed E-state index contributed by atoms with van der Waals surface area (Å²) in [6.45, 7) is 0. The minimum Gasteiger partial charge on any atom is -0.277 e. The summed E-state index contributed by atoms with van der Waals surface area (Å²) in [6.07, 6.45) is 1.34. The monoisotopic (exact) mass is 238 g/mol. The number of rotatable bonds is 3. The van der Waals surface area contributed by atoms with Gasteiger partial charge in [-0.3, -0.25) is 5.43 Å². The van der Waals surface area contributed by atoms with Gasteiger partial charge >= 0.3 is 0 Å². The van der Waals surface area contributed by atoms with Crippen LogP contribution < -0.4 is 5.43 Å². The molecule has 0 spiro atoms. The predicted molar refractivity (Wildman–Crippen MR) is 61.4 cm³/mol. The van der Waals surface area contributed by atoms with Crippen molar-refractivity contribution in [2.24, 2.45) is 5.10 Å². The van der Waals surface area contributed by atoms with Crippen molar-refractivity contribution >= 4 is 11.4 Å². The molecular weight excluding hydrogens is 232 g/mol. The first-order valence-electron chi connectivity index (χ1n) is 4.81. The molecule has 0 aliphatic heterocycles. The highest BCUT2D eigenvalue weighted by atomic mass is 15.6. The molecule has 0 unspecified atom stereocenters. The summed E-state index contributed by atoms with van der Waals surface area (Å²) >= 11 is 0. The summed E-state index contributed by atoms with van der Waals surface area (Å²) in [5, 5.41) is 31.8. The third-order valence-electron chi connectivity index (χ3n) is 1.96. The van der Waals surface area contributed by atoms with Crippen LogP contribution in [-0.2, 0) is 0 Å². The fourth-order valence-electron chi connectivity index (χ4n) is 1.15. The van der Waals surface area contributed by atoms with E-state index in [2.05, 4.69) is 25.9 Å². The maximum Gasteiger partial charge on any atom is 0.237 e. The summed E-state index contributed by atoms with van der Waals surface area (Å²) in [5.74, 6) is 0. The number of benzene rings is 1. The molecule has 1 N–H and O–H groups in total. The van der Waals surface area contributed by atoms with Crippen molar-refractivity contribution in [1.29, 1.82) is 10.5 Å². The topological polar surface area (TPSA) is 116 Å². The van der Waals surface area contributed by atoms with E-state index in [9.17, 15) is 0 Å². The molecule has 1 aromatic carbocycles. The van der Waals surface area contributed by atoms with Gasteiger partial charge in [-0.25, -0.2) is 0 Å². The molecule has 0 radical (unpaired) electrons. The van der Waals surface area contributed by atoms with Crippen molar-refractivity contribution in [3.63, 3.8) is 0 Å². The van der Waals surface area contributed by atoms with Gasteiger partial charge in [0.2, 0.25) is 5.71 Å². The molecule has 1 heterocycles. The third kappa shape index (κ3) is 2.46. The Kier molecular flexibility index (Phi) is 3.24. The second kappa shape index (κ2) is 5.18. The molecule has 1 aromatic heterocycles. The number of anilines is 1. The molecule has 0 amide bonds. The highest BCUT2D eigenvalue weighted by Gasteiger charge is 1.98. The van der Waals surface area contributed by atoms with Crippen molar-refractivity contribution in [1.82, 2.24) is 20.2 Å². The molecule has 8 nitrogen and oxygen atoms in total. The van der Waals surface area contributed by atoms with Gasteiger partial charge in [-0.05, 0) is 29.5 Å². The van der Waals surface area contributed by atoms with Gasteiger partial charge in [0.25, 0.3) is 0 Å². The van der Waals surface area contributed by atoms with Gasteiger partial charge in [0.05, 0.1) is 11.4 Å². The Hall–Kier alpha value is -3.26. The lowest BCUT2D eigenvalue weighted by molar-refractivity contribution is 0.720. The van der Waals surface area contributed by atoms with Crippen LogP contribution in [0.5, 0.6) is 0 Å². The maximum absolute atomic E-state index is 8.50. The Morgan fingerprint density at radius 1 is 1.22 bits per heavy atom. The van der Waals surface area contributed by atoms with Crippen LogP contribution in [0.4, 0.5) is 5.69 Å². The van der Waals surface area contributed by atoms with Gasteiger partial charge in [0, 0.05) is 0 Å². The zero-order valence-electron chi connectivity index (χ0n) is 9.02. The number of nitrogens with zero attached hydrogens (tertiary/aromatic N) is 7. The van der Waals surface area contributed by atoms with Crippen LogP contribution in [0.3, 0.4) is 0 Å². The Morgan fingerprint density at radius 2 is 1.94 bits per heavy atom. The summed E-state index contributed by atoms with van der Waals surface area (Å²) < 4.78 is 0. The van der Waals surface area contributed by atoms with E-state index in [1.807, 2.05) is 0 Å². The lowest BCUT2D eigenvalue weighted by atomic mass is 10.3. The van der Waals surface area contributed by atoms with Crippen molar-refractivity contribution < 1.29 is 0 Å². The normalized spacial score (nSPS) is 9.00. The summed E-state index contributed by atoms with van der Waals surface area (Å²) in [6, 6.07) is 10.2. The zero-order valence-corrected chi connectivity index (χ0v) is 9.02. The Labute approximate surface area is 102 Å². The van der Waals surface area contributed by atoms with Gasteiger partial charge in [-0.15, -0.1) is 15.0 Å². The second-order valence-electron chi connectivity index (χ2n) is 3.07. The molecule has 18 heavy (non-hydrogen) atoms. The number of hydrogen-bond donors (Lipinski definition) is 1. The molecule has 86 valence electrons. The first-order chi connectivity index (χ1) is 8.83. The number of nitriles is 2. The van der Waals surface area contributed by atoms with Crippen LogP contribution >= 0.6 is 0 Å². The van der Waals surface area contributed by atoms with Crippen LogP contribution in [0.25, 0.3) is 5.69 Å². The lowest BCUT2D eigenvalue weighted by Gasteiger charge is -2.01. The number of nitrogens with one attached hydrogen (secondary N) is 1. The number of tetrazole rings is 1. The first kappa shape index (κ1) is 11.2. The summed E-state index contributed by atoms with van der Waals surface area (Å²) in [4.78, 5) is 1.36. The highest BCUT2D eigenvalue weighted by Crippen LogP contribution is 2.11. The van der Waals surface area contributed by atoms with Crippen molar-refractivity contribution in [3.8, 4) is 17.8 Å². The third-order valence-corrected chi connectivity index (χ3v) is 1.96. The van der Waals surface area contributed by atoms with E-state index >= 15 is 0 Å². The van der Waals surface area contributed by atoms with Crippen LogP contribution in [0, 0.1) is 22.7 Å². The van der Waals surface area contributed by atoms with Gasteiger partial charge in [-0.2, -0.15) is 15.6 Å². The molecule has 2 rings (SSSR count). The van der Waals surface area contributed by atoms with Gasteiger partial charge in [0.1, 0.15) is 12.1 Å². The fourth-order valence-corrected chi connectivity index (χ4v) is 1.15. The standard InChI is InChI=1S/C10H6N8/c11-5-9(6-12)16-15-8-1-3-10(4-2-8)18-14-7-13-17-18/h1-4,7,15H. The second-order valence-corrected chi connectivity index (χ2v) is 3.07. The average molecular weight is 238 g/mol. The Bertz CT molecular complexity index is 610. The minimum atomic E-state index is -0.239. The molecule has 0 aliphatic rings. The van der Waals surface area contributed by atoms with Crippen molar-refractivity contribution in [2.45, 2.75) is 0 Å². The van der Waals surface area contributed by atoms with Gasteiger partial charge < -0.3 is 0 Å². The quantitative estimate of drug-likeness (QED) is 0.614. The molecule has 0 aliphatic carbocycles. The molecule has 8 heteroatoms. The molecule has 0 atom stereocenters. The summed E-state index contributed by atoms with van der Waals surface area (Å²) in [7, 11) is 0. The lowest BCUT2D eigenvalue weighted by Crippen LogP contribution is -2.00. The first-order valence-corrected chi connectivity index (χ1v) is 4.81. The average Bonchev–Trinajstić information content (AvgIpc) is 2.94. The largest absolute Gasteiger partial charge is 0.277 e. The molecule has 0 saturated heterocycles. The van der Waals surface area contributed by atoms with E-state index in [0.717, 1.165) is 5.69 Å². The highest BCUT2D eigenvalue weighted by molar-refractivity contribution is 6.10. The van der Waals surface area contributed by atoms with E-state index < -0.39 is 0 Å². The van der Waals surface area contributed by atoms with E-state index in [1.165, 1.54) is 11.1 Å². The van der Waals surface area contributed by atoms with Gasteiger partial charge in [-0.1, -0.05) is 0 Å². The van der Waals surface area contributed by atoms with Crippen LogP contribution in [-0.4, -0.2) is 25.9 Å². The summed E-state index contributed by atoms with van der Waals surface area (Å²) in [5.41, 5.74) is 3.74. The smallest absolute Gasteiger partial charge is 0.237 e. The van der Waals surface area contributed by atoms with E-state index in [1.54, 1.807) is 36.4 Å². The molecular formula is C10H6N8. The van der Waals surface area contributed by atoms with E-state index in [0.29, 0.717) is 5.69 Å².